The maximum absolute atomic E-state index is 10.6. The number of aryl methyl sites for hydroxylation is 1. The van der Waals surface area contributed by atoms with Gasteiger partial charge in [-0.05, 0) is 6.42 Å². The number of aromatic amines is 1. The molecule has 0 saturated heterocycles. The maximum Gasteiger partial charge on any atom is 0.274 e. The second-order valence-electron chi connectivity index (χ2n) is 3.62. The Bertz CT molecular complexity index is 513. The average Bonchev–Trinajstić information content (AvgIpc) is 2.88. The lowest BCUT2D eigenvalue weighted by Crippen LogP contribution is -2.05. The highest BCUT2D eigenvalue weighted by molar-refractivity contribution is 5.44. The van der Waals surface area contributed by atoms with Crippen LogP contribution >= 0.6 is 0 Å². The lowest BCUT2D eigenvalue weighted by atomic mass is 10.3. The van der Waals surface area contributed by atoms with Crippen LogP contribution in [0, 0.1) is 10.1 Å². The maximum atomic E-state index is 10.6. The molecule has 0 saturated carbocycles. The van der Waals surface area contributed by atoms with Crippen LogP contribution in [0.1, 0.15) is 12.2 Å². The van der Waals surface area contributed by atoms with Crippen molar-refractivity contribution in [2.75, 3.05) is 11.9 Å². The molecule has 0 amide bonds. The summed E-state index contributed by atoms with van der Waals surface area (Å²) in [5, 5.41) is 20.1. The zero-order chi connectivity index (χ0) is 12.8. The summed E-state index contributed by atoms with van der Waals surface area (Å²) in [5.41, 5.74) is 0.0303. The van der Waals surface area contributed by atoms with Gasteiger partial charge in [-0.15, -0.1) is 0 Å². The van der Waals surface area contributed by atoms with Crippen LogP contribution in [-0.4, -0.2) is 31.6 Å². The molecular weight excluding hydrogens is 236 g/mol. The fourth-order valence-electron chi connectivity index (χ4n) is 1.45. The Morgan fingerprint density at radius 2 is 2.33 bits per heavy atom. The molecule has 8 heteroatoms. The number of H-pyrrole nitrogens is 1. The van der Waals surface area contributed by atoms with Gasteiger partial charge in [-0.3, -0.25) is 15.2 Å². The molecule has 0 fully saturated rings. The summed E-state index contributed by atoms with van der Waals surface area (Å²) in [4.78, 5) is 18.1. The highest BCUT2D eigenvalue weighted by Gasteiger charge is 2.06. The number of aromatic nitrogens is 4. The standard InChI is InChI=1S/C10H12N6O2/c17-16(18)8-3-5-12-10(6-8)11-4-1-2-9-13-7-14-15-9/h3,5-7H,1-2,4H2,(H,11,12)(H,13,14,15). The average molecular weight is 248 g/mol. The third-order valence-corrected chi connectivity index (χ3v) is 2.32. The van der Waals surface area contributed by atoms with Gasteiger partial charge in [0.1, 0.15) is 18.0 Å². The van der Waals surface area contributed by atoms with Gasteiger partial charge in [0.2, 0.25) is 0 Å². The van der Waals surface area contributed by atoms with E-state index in [0.29, 0.717) is 12.4 Å². The van der Waals surface area contributed by atoms with Crippen molar-refractivity contribution in [3.63, 3.8) is 0 Å². The van der Waals surface area contributed by atoms with Crippen molar-refractivity contribution in [3.05, 3.63) is 40.6 Å². The molecule has 18 heavy (non-hydrogen) atoms. The molecule has 0 atom stereocenters. The molecule has 2 heterocycles. The Kier molecular flexibility index (Phi) is 3.79. The van der Waals surface area contributed by atoms with Crippen molar-refractivity contribution in [1.82, 2.24) is 20.2 Å². The highest BCUT2D eigenvalue weighted by Crippen LogP contribution is 2.13. The van der Waals surface area contributed by atoms with E-state index in [0.717, 1.165) is 18.7 Å². The van der Waals surface area contributed by atoms with E-state index >= 15 is 0 Å². The molecule has 0 aliphatic rings. The minimum Gasteiger partial charge on any atom is -0.370 e. The Labute approximate surface area is 103 Å². The molecular formula is C10H12N6O2. The number of rotatable bonds is 6. The van der Waals surface area contributed by atoms with Gasteiger partial charge in [-0.1, -0.05) is 0 Å². The number of nitrogens with zero attached hydrogens (tertiary/aromatic N) is 4. The number of anilines is 1. The quantitative estimate of drug-likeness (QED) is 0.451. The van der Waals surface area contributed by atoms with Crippen LogP contribution in [0.2, 0.25) is 0 Å². The fourth-order valence-corrected chi connectivity index (χ4v) is 1.45. The molecule has 0 bridgehead atoms. The van der Waals surface area contributed by atoms with E-state index in [9.17, 15) is 10.1 Å². The van der Waals surface area contributed by atoms with E-state index in [2.05, 4.69) is 25.5 Å². The van der Waals surface area contributed by atoms with Crippen LogP contribution in [0.3, 0.4) is 0 Å². The molecule has 0 spiro atoms. The van der Waals surface area contributed by atoms with Crippen molar-refractivity contribution in [2.45, 2.75) is 12.8 Å². The lowest BCUT2D eigenvalue weighted by Gasteiger charge is -2.03. The van der Waals surface area contributed by atoms with Crippen LogP contribution < -0.4 is 5.32 Å². The number of hydrogen-bond donors (Lipinski definition) is 2. The molecule has 94 valence electrons. The van der Waals surface area contributed by atoms with E-state index < -0.39 is 4.92 Å². The Morgan fingerprint density at radius 1 is 1.44 bits per heavy atom. The van der Waals surface area contributed by atoms with Gasteiger partial charge in [0, 0.05) is 25.2 Å². The van der Waals surface area contributed by atoms with Gasteiger partial charge >= 0.3 is 0 Å². The van der Waals surface area contributed by atoms with E-state index in [4.69, 9.17) is 0 Å². The number of nitrogens with one attached hydrogen (secondary N) is 2. The summed E-state index contributed by atoms with van der Waals surface area (Å²) >= 11 is 0. The first-order valence-corrected chi connectivity index (χ1v) is 5.44. The van der Waals surface area contributed by atoms with Gasteiger partial charge in [0.25, 0.3) is 5.69 Å². The molecule has 2 aromatic heterocycles. The first-order chi connectivity index (χ1) is 8.75. The van der Waals surface area contributed by atoms with Gasteiger partial charge in [0.05, 0.1) is 11.0 Å². The summed E-state index contributed by atoms with van der Waals surface area (Å²) in [7, 11) is 0. The molecule has 2 aromatic rings. The third-order valence-electron chi connectivity index (χ3n) is 2.32. The lowest BCUT2D eigenvalue weighted by molar-refractivity contribution is -0.384. The topological polar surface area (TPSA) is 110 Å². The molecule has 2 N–H and O–H groups in total. The van der Waals surface area contributed by atoms with Gasteiger partial charge in [0.15, 0.2) is 0 Å². The van der Waals surface area contributed by atoms with Crippen LogP contribution in [0.15, 0.2) is 24.7 Å². The Morgan fingerprint density at radius 3 is 3.06 bits per heavy atom. The molecule has 0 aromatic carbocycles. The second kappa shape index (κ2) is 5.71. The molecule has 2 rings (SSSR count). The van der Waals surface area contributed by atoms with E-state index in [1.54, 1.807) is 0 Å². The van der Waals surface area contributed by atoms with Gasteiger partial charge < -0.3 is 5.32 Å². The zero-order valence-corrected chi connectivity index (χ0v) is 9.54. The first kappa shape index (κ1) is 12.0. The zero-order valence-electron chi connectivity index (χ0n) is 9.54. The van der Waals surface area contributed by atoms with Crippen LogP contribution in [-0.2, 0) is 6.42 Å². The predicted molar refractivity (Wildman–Crippen MR) is 64.1 cm³/mol. The number of hydrogen-bond acceptors (Lipinski definition) is 6. The minimum atomic E-state index is -0.443. The summed E-state index contributed by atoms with van der Waals surface area (Å²) in [6.07, 6.45) is 4.48. The van der Waals surface area contributed by atoms with Gasteiger partial charge in [-0.2, -0.15) is 5.10 Å². The fraction of sp³-hybridized carbons (Fsp3) is 0.300. The molecule has 0 unspecified atom stereocenters. The third kappa shape index (κ3) is 3.24. The predicted octanol–water partition coefficient (Wildman–Crippen LogP) is 1.15. The summed E-state index contributed by atoms with van der Waals surface area (Å²) < 4.78 is 0. The molecule has 0 radical (unpaired) electrons. The van der Waals surface area contributed by atoms with Crippen molar-refractivity contribution in [1.29, 1.82) is 0 Å². The normalized spacial score (nSPS) is 10.2. The van der Waals surface area contributed by atoms with Crippen molar-refractivity contribution in [2.24, 2.45) is 0 Å². The Hall–Kier alpha value is -2.51. The number of nitro groups is 1. The highest BCUT2D eigenvalue weighted by atomic mass is 16.6. The first-order valence-electron chi connectivity index (χ1n) is 5.44. The molecule has 0 aliphatic carbocycles. The van der Waals surface area contributed by atoms with Crippen LogP contribution in [0.25, 0.3) is 0 Å². The summed E-state index contributed by atoms with van der Waals surface area (Å²) in [6.45, 7) is 0.662. The summed E-state index contributed by atoms with van der Waals surface area (Å²) in [5.74, 6) is 1.32. The summed E-state index contributed by atoms with van der Waals surface area (Å²) in [6, 6.07) is 2.77. The van der Waals surface area contributed by atoms with Crippen molar-refractivity contribution < 1.29 is 4.92 Å². The number of pyridine rings is 1. The second-order valence-corrected chi connectivity index (χ2v) is 3.62. The van der Waals surface area contributed by atoms with Crippen molar-refractivity contribution >= 4 is 11.5 Å². The Balaban J connectivity index is 1.79. The van der Waals surface area contributed by atoms with E-state index in [1.165, 1.54) is 24.7 Å². The largest absolute Gasteiger partial charge is 0.370 e. The molecule has 0 aliphatic heterocycles. The molecule has 8 nitrogen and oxygen atoms in total. The minimum absolute atomic E-state index is 0.0303. The SMILES string of the molecule is O=[N+]([O-])c1ccnc(NCCCc2ncn[nH]2)c1. The van der Waals surface area contributed by atoms with E-state index in [1.807, 2.05) is 0 Å². The van der Waals surface area contributed by atoms with E-state index in [-0.39, 0.29) is 5.69 Å². The van der Waals surface area contributed by atoms with Gasteiger partial charge in [-0.25, -0.2) is 9.97 Å². The van der Waals surface area contributed by atoms with Crippen molar-refractivity contribution in [3.8, 4) is 0 Å². The van der Waals surface area contributed by atoms with Crippen LogP contribution in [0.5, 0.6) is 0 Å². The monoisotopic (exact) mass is 248 g/mol. The smallest absolute Gasteiger partial charge is 0.274 e. The van der Waals surface area contributed by atoms with Crippen LogP contribution in [0.4, 0.5) is 11.5 Å².